The van der Waals surface area contributed by atoms with Crippen molar-refractivity contribution >= 4 is 35.1 Å². The van der Waals surface area contributed by atoms with Crippen LogP contribution in [0.2, 0.25) is 5.02 Å². The Kier molecular flexibility index (Phi) is 6.14. The minimum Gasteiger partial charge on any atom is -0.465 e. The SMILES string of the molecule is COC(=O)c1ccc(C(=O)O[C@@H](C)C(=O)Nc2cccc(Cl)c2)cc1. The molecule has 0 saturated carbocycles. The van der Waals surface area contributed by atoms with Crippen LogP contribution in [0.3, 0.4) is 0 Å². The van der Waals surface area contributed by atoms with Crippen LogP contribution in [0.25, 0.3) is 0 Å². The molecule has 0 aliphatic heterocycles. The summed E-state index contributed by atoms with van der Waals surface area (Å²) in [5.41, 5.74) is 1.03. The third kappa shape index (κ3) is 5.06. The van der Waals surface area contributed by atoms with Crippen molar-refractivity contribution in [2.75, 3.05) is 12.4 Å². The van der Waals surface area contributed by atoms with Crippen LogP contribution in [0.15, 0.2) is 48.5 Å². The van der Waals surface area contributed by atoms with Gasteiger partial charge >= 0.3 is 11.9 Å². The van der Waals surface area contributed by atoms with Crippen molar-refractivity contribution in [3.8, 4) is 0 Å². The van der Waals surface area contributed by atoms with Gasteiger partial charge in [0.1, 0.15) is 0 Å². The molecule has 130 valence electrons. The number of anilines is 1. The average Bonchev–Trinajstić information content (AvgIpc) is 2.61. The van der Waals surface area contributed by atoms with Gasteiger partial charge in [-0.1, -0.05) is 17.7 Å². The number of rotatable bonds is 5. The zero-order valence-electron chi connectivity index (χ0n) is 13.6. The van der Waals surface area contributed by atoms with Crippen LogP contribution in [0.5, 0.6) is 0 Å². The lowest BCUT2D eigenvalue weighted by Gasteiger charge is -2.14. The van der Waals surface area contributed by atoms with Crippen LogP contribution in [0, 0.1) is 0 Å². The van der Waals surface area contributed by atoms with Crippen LogP contribution in [-0.4, -0.2) is 31.1 Å². The first-order chi connectivity index (χ1) is 11.9. The second-order valence-corrected chi connectivity index (χ2v) is 5.55. The molecule has 7 heteroatoms. The normalized spacial score (nSPS) is 11.3. The zero-order valence-corrected chi connectivity index (χ0v) is 14.4. The summed E-state index contributed by atoms with van der Waals surface area (Å²) in [6, 6.07) is 12.4. The van der Waals surface area contributed by atoms with E-state index in [1.165, 1.54) is 38.3 Å². The molecule has 1 N–H and O–H groups in total. The highest BCUT2D eigenvalue weighted by molar-refractivity contribution is 6.30. The van der Waals surface area contributed by atoms with Gasteiger partial charge in [-0.2, -0.15) is 0 Å². The number of benzene rings is 2. The molecular weight excluding hydrogens is 346 g/mol. The van der Waals surface area contributed by atoms with Crippen molar-refractivity contribution in [3.05, 3.63) is 64.7 Å². The standard InChI is InChI=1S/C18H16ClNO5/c1-11(16(21)20-15-5-3-4-14(19)10-15)25-18(23)13-8-6-12(7-9-13)17(22)24-2/h3-11H,1-2H3,(H,20,21)/t11-/m0/s1. The summed E-state index contributed by atoms with van der Waals surface area (Å²) in [4.78, 5) is 35.5. The predicted octanol–water partition coefficient (Wildman–Crippen LogP) is 3.31. The summed E-state index contributed by atoms with van der Waals surface area (Å²) < 4.78 is 9.71. The number of nitrogens with one attached hydrogen (secondary N) is 1. The van der Waals surface area contributed by atoms with Gasteiger partial charge in [0.2, 0.25) is 0 Å². The van der Waals surface area contributed by atoms with Gasteiger partial charge in [0.15, 0.2) is 6.10 Å². The number of carbonyl (C=O) groups excluding carboxylic acids is 3. The Hall–Kier alpha value is -2.86. The second kappa shape index (κ2) is 8.30. The fourth-order valence-corrected chi connectivity index (χ4v) is 2.14. The van der Waals surface area contributed by atoms with Gasteiger partial charge in [0.05, 0.1) is 18.2 Å². The smallest absolute Gasteiger partial charge is 0.338 e. The van der Waals surface area contributed by atoms with E-state index in [1.54, 1.807) is 24.3 Å². The number of methoxy groups -OCH3 is 1. The fourth-order valence-electron chi connectivity index (χ4n) is 1.95. The van der Waals surface area contributed by atoms with Gasteiger partial charge < -0.3 is 14.8 Å². The summed E-state index contributed by atoms with van der Waals surface area (Å²) in [5, 5.41) is 3.09. The largest absolute Gasteiger partial charge is 0.465 e. The van der Waals surface area contributed by atoms with Crippen LogP contribution in [-0.2, 0) is 14.3 Å². The molecule has 0 spiro atoms. The van der Waals surface area contributed by atoms with Gasteiger partial charge in [-0.15, -0.1) is 0 Å². The van der Waals surface area contributed by atoms with Crippen molar-refractivity contribution in [3.63, 3.8) is 0 Å². The molecule has 25 heavy (non-hydrogen) atoms. The lowest BCUT2D eigenvalue weighted by atomic mass is 10.1. The minimum atomic E-state index is -1.01. The number of amides is 1. The molecule has 2 rings (SSSR count). The van der Waals surface area contributed by atoms with Crippen molar-refractivity contribution < 1.29 is 23.9 Å². The molecule has 1 amide bonds. The van der Waals surface area contributed by atoms with Gasteiger partial charge in [-0.05, 0) is 49.4 Å². The molecule has 0 fully saturated rings. The highest BCUT2D eigenvalue weighted by Crippen LogP contribution is 2.15. The van der Waals surface area contributed by atoms with E-state index in [9.17, 15) is 14.4 Å². The maximum Gasteiger partial charge on any atom is 0.338 e. The Labute approximate surface area is 149 Å². The topological polar surface area (TPSA) is 81.7 Å². The monoisotopic (exact) mass is 361 g/mol. The first kappa shape index (κ1) is 18.5. The van der Waals surface area contributed by atoms with Crippen molar-refractivity contribution in [2.45, 2.75) is 13.0 Å². The molecule has 2 aromatic carbocycles. The number of hydrogen-bond acceptors (Lipinski definition) is 5. The molecule has 0 heterocycles. The van der Waals surface area contributed by atoms with Crippen LogP contribution < -0.4 is 5.32 Å². The molecule has 2 aromatic rings. The van der Waals surface area contributed by atoms with Crippen LogP contribution in [0.4, 0.5) is 5.69 Å². The van der Waals surface area contributed by atoms with E-state index < -0.39 is 23.9 Å². The number of carbonyl (C=O) groups is 3. The first-order valence-electron chi connectivity index (χ1n) is 7.36. The summed E-state index contributed by atoms with van der Waals surface area (Å²) in [7, 11) is 1.27. The maximum atomic E-state index is 12.1. The Morgan fingerprint density at radius 2 is 1.60 bits per heavy atom. The summed E-state index contributed by atoms with van der Waals surface area (Å²) in [6.45, 7) is 1.46. The highest BCUT2D eigenvalue weighted by atomic mass is 35.5. The second-order valence-electron chi connectivity index (χ2n) is 5.12. The quantitative estimate of drug-likeness (QED) is 0.826. The molecule has 1 atom stereocenters. The number of ether oxygens (including phenoxy) is 2. The lowest BCUT2D eigenvalue weighted by Crippen LogP contribution is -2.30. The Morgan fingerprint density at radius 1 is 1.00 bits per heavy atom. The first-order valence-corrected chi connectivity index (χ1v) is 7.74. The predicted molar refractivity (Wildman–Crippen MR) is 92.7 cm³/mol. The average molecular weight is 362 g/mol. The van der Waals surface area contributed by atoms with Gasteiger partial charge in [-0.25, -0.2) is 9.59 Å². The van der Waals surface area contributed by atoms with E-state index in [-0.39, 0.29) is 5.56 Å². The number of esters is 2. The van der Waals surface area contributed by atoms with Crippen LogP contribution in [0.1, 0.15) is 27.6 Å². The van der Waals surface area contributed by atoms with Crippen molar-refractivity contribution in [2.24, 2.45) is 0 Å². The molecule has 0 aliphatic carbocycles. The maximum absolute atomic E-state index is 12.1. The van der Waals surface area contributed by atoms with E-state index in [1.807, 2.05) is 0 Å². The van der Waals surface area contributed by atoms with E-state index in [0.717, 1.165) is 0 Å². The molecule has 0 unspecified atom stereocenters. The summed E-state index contributed by atoms with van der Waals surface area (Å²) >= 11 is 5.85. The minimum absolute atomic E-state index is 0.218. The Balaban J connectivity index is 1.97. The molecule has 0 saturated heterocycles. The molecular formula is C18H16ClNO5. The molecule has 0 aliphatic rings. The number of hydrogen-bond donors (Lipinski definition) is 1. The number of halogens is 1. The molecule has 0 bridgehead atoms. The van der Waals surface area contributed by atoms with Gasteiger partial charge in [0.25, 0.3) is 5.91 Å². The Morgan fingerprint density at radius 3 is 2.16 bits per heavy atom. The van der Waals surface area contributed by atoms with Crippen LogP contribution >= 0.6 is 11.6 Å². The summed E-state index contributed by atoms with van der Waals surface area (Å²) in [5.74, 6) is -1.67. The third-order valence-electron chi connectivity index (χ3n) is 3.29. The molecule has 0 aromatic heterocycles. The van der Waals surface area contributed by atoms with E-state index in [2.05, 4.69) is 10.1 Å². The van der Waals surface area contributed by atoms with E-state index in [4.69, 9.17) is 16.3 Å². The molecule has 6 nitrogen and oxygen atoms in total. The zero-order chi connectivity index (χ0) is 18.4. The van der Waals surface area contributed by atoms with E-state index in [0.29, 0.717) is 16.3 Å². The van der Waals surface area contributed by atoms with E-state index >= 15 is 0 Å². The third-order valence-corrected chi connectivity index (χ3v) is 3.52. The Bertz CT molecular complexity index is 788. The fraction of sp³-hybridized carbons (Fsp3) is 0.167. The van der Waals surface area contributed by atoms with Crippen molar-refractivity contribution in [1.82, 2.24) is 0 Å². The van der Waals surface area contributed by atoms with Gasteiger partial charge in [-0.3, -0.25) is 4.79 Å². The summed E-state index contributed by atoms with van der Waals surface area (Å²) in [6.07, 6.45) is -1.01. The van der Waals surface area contributed by atoms with Crippen molar-refractivity contribution in [1.29, 1.82) is 0 Å². The lowest BCUT2D eigenvalue weighted by molar-refractivity contribution is -0.123. The van der Waals surface area contributed by atoms with Gasteiger partial charge in [0, 0.05) is 10.7 Å². The molecule has 0 radical (unpaired) electrons. The highest BCUT2D eigenvalue weighted by Gasteiger charge is 2.19.